The van der Waals surface area contributed by atoms with Gasteiger partial charge in [0, 0.05) is 5.92 Å². The number of carbonyl (C=O) groups excluding carboxylic acids is 1. The number of ether oxygens (including phenoxy) is 1. The molecule has 0 radical (unpaired) electrons. The van der Waals surface area contributed by atoms with Crippen molar-refractivity contribution in [3.8, 4) is 0 Å². The molecule has 1 aromatic carbocycles. The minimum atomic E-state index is -0.927. The fraction of sp³-hybridized carbons (Fsp3) is 0.704. The summed E-state index contributed by atoms with van der Waals surface area (Å²) in [6.45, 7) is 6.38. The molecule has 174 valence electrons. The van der Waals surface area contributed by atoms with Crippen LogP contribution in [-0.2, 0) is 9.53 Å². The Bertz CT molecular complexity index is 929. The molecule has 4 fully saturated rings. The summed E-state index contributed by atoms with van der Waals surface area (Å²) < 4.78 is 6.19. The number of carbonyl (C=O) groups is 2. The number of carboxylic acids is 1. The zero-order valence-electron chi connectivity index (χ0n) is 19.5. The summed E-state index contributed by atoms with van der Waals surface area (Å²) in [7, 11) is 0. The Balaban J connectivity index is 1.59. The molecule has 2 N–H and O–H groups in total. The van der Waals surface area contributed by atoms with Crippen molar-refractivity contribution in [3.63, 3.8) is 0 Å². The molecule has 0 saturated heterocycles. The maximum atomic E-state index is 13.1. The van der Waals surface area contributed by atoms with Crippen LogP contribution in [0.25, 0.3) is 0 Å². The number of aliphatic carboxylic acids is 1. The number of benzene rings is 1. The smallest absolute Gasteiger partial charge is 0.338 e. The average molecular weight is 441 g/mol. The molecule has 0 amide bonds. The maximum Gasteiger partial charge on any atom is 0.338 e. The van der Waals surface area contributed by atoms with E-state index in [1.807, 2.05) is 25.1 Å². The van der Waals surface area contributed by atoms with Crippen LogP contribution in [0.3, 0.4) is 0 Å². The minimum Gasteiger partial charge on any atom is -0.481 e. The SMILES string of the molecule is C[C@@]12CC[C@]3(C1)[C@@H](C[C@@H](OC(=O)c1ccccc1)[C@@H]1[C@]3(C)CCC[C@]1(C)C(=O)O)C[C@@H]2O. The number of aliphatic hydroxyl groups is 1. The van der Waals surface area contributed by atoms with Crippen LogP contribution in [0.5, 0.6) is 0 Å². The van der Waals surface area contributed by atoms with Gasteiger partial charge in [-0.15, -0.1) is 0 Å². The first-order valence-electron chi connectivity index (χ1n) is 12.2. The third-order valence-corrected chi connectivity index (χ3v) is 10.5. The van der Waals surface area contributed by atoms with E-state index < -0.39 is 17.5 Å². The lowest BCUT2D eigenvalue weighted by molar-refractivity contribution is -0.233. The maximum absolute atomic E-state index is 13.1. The van der Waals surface area contributed by atoms with Crippen molar-refractivity contribution in [2.24, 2.45) is 33.5 Å². The zero-order valence-corrected chi connectivity index (χ0v) is 19.5. The molecule has 1 spiro atoms. The normalized spacial score (nSPS) is 47.2. The van der Waals surface area contributed by atoms with E-state index in [4.69, 9.17) is 4.74 Å². The molecular formula is C27H36O5. The molecule has 2 bridgehead atoms. The highest BCUT2D eigenvalue weighted by Crippen LogP contribution is 2.76. The molecule has 5 rings (SSSR count). The van der Waals surface area contributed by atoms with Crippen molar-refractivity contribution in [1.29, 1.82) is 0 Å². The Hall–Kier alpha value is -1.88. The van der Waals surface area contributed by atoms with Gasteiger partial charge in [0.15, 0.2) is 0 Å². The van der Waals surface area contributed by atoms with Crippen molar-refractivity contribution in [1.82, 2.24) is 0 Å². The molecule has 0 aromatic heterocycles. The van der Waals surface area contributed by atoms with Gasteiger partial charge in [-0.05, 0) is 86.2 Å². The molecule has 8 atom stereocenters. The quantitative estimate of drug-likeness (QED) is 0.641. The Morgan fingerprint density at radius 3 is 2.41 bits per heavy atom. The molecule has 5 nitrogen and oxygen atoms in total. The summed E-state index contributed by atoms with van der Waals surface area (Å²) in [4.78, 5) is 25.8. The van der Waals surface area contributed by atoms with Crippen molar-refractivity contribution in [2.75, 3.05) is 0 Å². The second-order valence-electron chi connectivity index (χ2n) is 12.0. The Kier molecular flexibility index (Phi) is 4.84. The third kappa shape index (κ3) is 2.79. The van der Waals surface area contributed by atoms with Crippen LogP contribution in [0, 0.1) is 33.5 Å². The van der Waals surface area contributed by atoms with Gasteiger partial charge >= 0.3 is 11.9 Å². The molecule has 0 heterocycles. The van der Waals surface area contributed by atoms with Gasteiger partial charge < -0.3 is 14.9 Å². The zero-order chi connectivity index (χ0) is 22.9. The molecule has 4 saturated carbocycles. The summed E-state index contributed by atoms with van der Waals surface area (Å²) >= 11 is 0. The molecule has 5 heteroatoms. The predicted molar refractivity (Wildman–Crippen MR) is 120 cm³/mol. The summed E-state index contributed by atoms with van der Waals surface area (Å²) in [6, 6.07) is 8.98. The Labute approximate surface area is 190 Å². The van der Waals surface area contributed by atoms with E-state index in [1.165, 1.54) is 0 Å². The van der Waals surface area contributed by atoms with Gasteiger partial charge in [-0.2, -0.15) is 0 Å². The summed E-state index contributed by atoms with van der Waals surface area (Å²) in [5.41, 5.74) is -0.739. The average Bonchev–Trinajstić information content (AvgIpc) is 3.08. The molecule has 4 aliphatic carbocycles. The van der Waals surface area contributed by atoms with E-state index in [-0.39, 0.29) is 40.2 Å². The highest BCUT2D eigenvalue weighted by Gasteiger charge is 2.73. The van der Waals surface area contributed by atoms with Crippen molar-refractivity contribution in [2.45, 2.75) is 84.3 Å². The summed E-state index contributed by atoms with van der Waals surface area (Å²) in [5, 5.41) is 21.4. The van der Waals surface area contributed by atoms with Gasteiger partial charge in [0.1, 0.15) is 6.10 Å². The lowest BCUT2D eigenvalue weighted by Crippen LogP contribution is -2.66. The number of hydrogen-bond donors (Lipinski definition) is 2. The van der Waals surface area contributed by atoms with Crippen LogP contribution in [0.1, 0.15) is 82.5 Å². The third-order valence-electron chi connectivity index (χ3n) is 10.5. The van der Waals surface area contributed by atoms with Crippen LogP contribution < -0.4 is 0 Å². The predicted octanol–water partition coefficient (Wildman–Crippen LogP) is 5.07. The van der Waals surface area contributed by atoms with Gasteiger partial charge in [-0.25, -0.2) is 4.79 Å². The standard InChI is InChI=1S/C27H36O5/c1-24-12-13-27(16-24)18(15-20(24)28)14-19(32-22(29)17-8-5-4-6-9-17)21-25(2,23(30)31)10-7-11-26(21,27)3/h4-6,8-9,18-21,28H,7,10-16H2,1-3H3,(H,30,31)/t18-,19+,20-,21-,24+,25-,26-,27-/m0/s1. The highest BCUT2D eigenvalue weighted by atomic mass is 16.5. The van der Waals surface area contributed by atoms with E-state index in [0.29, 0.717) is 18.4 Å². The number of carboxylic acid groups (broad SMARTS) is 1. The van der Waals surface area contributed by atoms with Crippen LogP contribution >= 0.6 is 0 Å². The van der Waals surface area contributed by atoms with Crippen LogP contribution in [0.4, 0.5) is 0 Å². The molecule has 32 heavy (non-hydrogen) atoms. The Morgan fingerprint density at radius 2 is 1.72 bits per heavy atom. The van der Waals surface area contributed by atoms with Crippen molar-refractivity contribution < 1.29 is 24.5 Å². The summed E-state index contributed by atoms with van der Waals surface area (Å²) in [6.07, 6.45) is 6.00. The molecule has 1 aromatic rings. The molecule has 0 unspecified atom stereocenters. The topological polar surface area (TPSA) is 83.8 Å². The van der Waals surface area contributed by atoms with Crippen molar-refractivity contribution >= 4 is 11.9 Å². The lowest BCUT2D eigenvalue weighted by atomic mass is 9.37. The second-order valence-corrected chi connectivity index (χ2v) is 12.0. The molecule has 4 aliphatic rings. The van der Waals surface area contributed by atoms with Gasteiger partial charge in [0.25, 0.3) is 0 Å². The lowest BCUT2D eigenvalue weighted by Gasteiger charge is -2.67. The second kappa shape index (κ2) is 7.06. The summed E-state index contributed by atoms with van der Waals surface area (Å²) in [5.74, 6) is -1.14. The first-order chi connectivity index (χ1) is 15.1. The molecule has 0 aliphatic heterocycles. The van der Waals surface area contributed by atoms with Crippen molar-refractivity contribution in [3.05, 3.63) is 35.9 Å². The van der Waals surface area contributed by atoms with Gasteiger partial charge in [-0.3, -0.25) is 4.79 Å². The molecular weight excluding hydrogens is 404 g/mol. The largest absolute Gasteiger partial charge is 0.481 e. The first-order valence-corrected chi connectivity index (χ1v) is 12.2. The van der Waals surface area contributed by atoms with E-state index in [2.05, 4.69) is 13.8 Å². The van der Waals surface area contributed by atoms with Gasteiger partial charge in [0.2, 0.25) is 0 Å². The Morgan fingerprint density at radius 1 is 1.00 bits per heavy atom. The van der Waals surface area contributed by atoms with Crippen LogP contribution in [0.2, 0.25) is 0 Å². The first kappa shape index (κ1) is 21.9. The fourth-order valence-electron chi connectivity index (χ4n) is 8.86. The number of esters is 1. The fourth-order valence-corrected chi connectivity index (χ4v) is 8.86. The van der Waals surface area contributed by atoms with Crippen LogP contribution in [-0.4, -0.2) is 34.4 Å². The number of fused-ring (bicyclic) bond motifs is 2. The van der Waals surface area contributed by atoms with E-state index in [1.54, 1.807) is 12.1 Å². The van der Waals surface area contributed by atoms with E-state index in [9.17, 15) is 19.8 Å². The minimum absolute atomic E-state index is 0.0123. The van der Waals surface area contributed by atoms with E-state index in [0.717, 1.165) is 38.5 Å². The monoisotopic (exact) mass is 440 g/mol. The van der Waals surface area contributed by atoms with Gasteiger partial charge in [0.05, 0.1) is 17.1 Å². The van der Waals surface area contributed by atoms with Gasteiger partial charge in [-0.1, -0.05) is 38.5 Å². The number of rotatable bonds is 3. The highest BCUT2D eigenvalue weighted by molar-refractivity contribution is 5.89. The van der Waals surface area contributed by atoms with Crippen LogP contribution in [0.15, 0.2) is 30.3 Å². The number of aliphatic hydroxyl groups excluding tert-OH is 1. The number of hydrogen-bond acceptors (Lipinski definition) is 4. The van der Waals surface area contributed by atoms with E-state index >= 15 is 0 Å².